The van der Waals surface area contributed by atoms with Gasteiger partial charge in [0.05, 0.1) is 0 Å². The Balaban J connectivity index is 0. The van der Waals surface area contributed by atoms with E-state index in [1.54, 1.807) is 0 Å². The summed E-state index contributed by atoms with van der Waals surface area (Å²) in [6.07, 6.45) is -5.05. The monoisotopic (exact) mass is 136 g/mol. The molecule has 0 atom stereocenters. The first-order chi connectivity index (χ1) is 2.56. The van der Waals surface area contributed by atoms with Gasteiger partial charge in [0.25, 0.3) is 0 Å². The maximum Gasteiger partial charge on any atom is 1.00 e. The Bertz CT molecular complexity index is 39.9. The second-order valence-electron chi connectivity index (χ2n) is 0.865. The number of halogens is 3. The van der Waals surface area contributed by atoms with E-state index >= 15 is 0 Å². The van der Waals surface area contributed by atoms with Crippen LogP contribution in [0.15, 0.2) is 0 Å². The van der Waals surface area contributed by atoms with Crippen molar-refractivity contribution in [2.24, 2.45) is 0 Å². The fraction of sp³-hybridized carbons (Fsp3) is 0.667. The molecule has 0 aliphatic carbocycles. The van der Waals surface area contributed by atoms with Gasteiger partial charge < -0.3 is 6.92 Å². The number of alkyl halides is 3. The van der Waals surface area contributed by atoms with Gasteiger partial charge in [0, 0.05) is 0 Å². The van der Waals surface area contributed by atoms with Gasteiger partial charge in [-0.3, -0.25) is 0 Å². The van der Waals surface area contributed by atoms with Crippen molar-refractivity contribution < 1.29 is 64.6 Å². The van der Waals surface area contributed by atoms with Gasteiger partial charge in [-0.1, -0.05) is 6.42 Å². The molecule has 0 saturated carbocycles. The maximum absolute atomic E-state index is 10.7. The first-order valence-corrected chi connectivity index (χ1v) is 1.42. The van der Waals surface area contributed by atoms with Gasteiger partial charge in [-0.15, -0.1) is 0 Å². The first kappa shape index (κ1) is 11.3. The summed E-state index contributed by atoms with van der Waals surface area (Å²) in [5.74, 6) is 0. The molecule has 0 radical (unpaired) electrons. The first-order valence-electron chi connectivity index (χ1n) is 1.42. The Morgan fingerprint density at radius 1 is 1.29 bits per heavy atom. The van der Waals surface area contributed by atoms with Crippen LogP contribution >= 0.6 is 0 Å². The van der Waals surface area contributed by atoms with E-state index in [1.807, 2.05) is 0 Å². The van der Waals surface area contributed by atoms with Crippen molar-refractivity contribution in [3.8, 4) is 0 Å². The smallest absolute Gasteiger partial charge is 0.335 e. The third-order valence-electron chi connectivity index (χ3n) is 0.283. The predicted octanol–water partition coefficient (Wildman–Crippen LogP) is -1.22. The molecule has 0 heterocycles. The molecule has 0 spiro atoms. The molecule has 0 rings (SSSR count). The van der Waals surface area contributed by atoms with Crippen LogP contribution in [0.2, 0.25) is 0 Å². The van der Waals surface area contributed by atoms with E-state index in [0.717, 1.165) is 0 Å². The summed E-state index contributed by atoms with van der Waals surface area (Å²) >= 11 is 0. The standard InChI is InChI=1S/C3H4F3.K/c1-2-3(4,5)6;/h1-2H2;/q-1;+1. The van der Waals surface area contributed by atoms with Crippen LogP contribution in [0, 0.1) is 6.92 Å². The van der Waals surface area contributed by atoms with Crippen molar-refractivity contribution in [2.45, 2.75) is 12.6 Å². The molecule has 0 nitrogen and oxygen atoms in total. The topological polar surface area (TPSA) is 0 Å². The van der Waals surface area contributed by atoms with E-state index in [2.05, 4.69) is 6.92 Å². The molecule has 0 aliphatic heterocycles. The van der Waals surface area contributed by atoms with Gasteiger partial charge in [0.1, 0.15) is 0 Å². The molecule has 0 saturated heterocycles. The molecule has 0 aromatic rings. The largest absolute Gasteiger partial charge is 1.00 e. The second-order valence-corrected chi connectivity index (χ2v) is 0.865. The van der Waals surface area contributed by atoms with Crippen molar-refractivity contribution in [1.82, 2.24) is 0 Å². The summed E-state index contributed by atoms with van der Waals surface area (Å²) in [4.78, 5) is 0. The molecular weight excluding hydrogens is 132 g/mol. The van der Waals surface area contributed by atoms with Crippen LogP contribution < -0.4 is 51.4 Å². The van der Waals surface area contributed by atoms with Gasteiger partial charge in [-0.2, -0.15) is 13.2 Å². The molecule has 0 aromatic heterocycles. The summed E-state index contributed by atoms with van der Waals surface area (Å²) in [6, 6.07) is 0. The van der Waals surface area contributed by atoms with Crippen molar-refractivity contribution in [2.75, 3.05) is 0 Å². The molecule has 0 unspecified atom stereocenters. The summed E-state index contributed by atoms with van der Waals surface area (Å²) in [7, 11) is 0. The van der Waals surface area contributed by atoms with Crippen molar-refractivity contribution >= 4 is 0 Å². The SMILES string of the molecule is [CH2-]CC(F)(F)F.[K+]. The Morgan fingerprint density at radius 3 is 1.43 bits per heavy atom. The molecule has 0 amide bonds. The molecule has 0 fully saturated rings. The summed E-state index contributed by atoms with van der Waals surface area (Å²) in [5.41, 5.74) is 0. The van der Waals surface area contributed by atoms with Crippen LogP contribution in [0.1, 0.15) is 6.42 Å². The van der Waals surface area contributed by atoms with Crippen LogP contribution in [-0.2, 0) is 0 Å². The predicted molar refractivity (Wildman–Crippen MR) is 16.0 cm³/mol. The molecule has 0 aromatic carbocycles. The molecule has 4 heteroatoms. The Kier molecular flexibility index (Phi) is 6.94. The fourth-order valence-electron chi connectivity index (χ4n) is 0. The summed E-state index contributed by atoms with van der Waals surface area (Å²) in [6.45, 7) is 2.63. The van der Waals surface area contributed by atoms with Crippen molar-refractivity contribution in [1.29, 1.82) is 0 Å². The third-order valence-corrected chi connectivity index (χ3v) is 0.283. The van der Waals surface area contributed by atoms with Crippen LogP contribution in [0.3, 0.4) is 0 Å². The Hall–Kier alpha value is 1.43. The second kappa shape index (κ2) is 4.32. The quantitative estimate of drug-likeness (QED) is 0.289. The van der Waals surface area contributed by atoms with E-state index < -0.39 is 12.6 Å². The third kappa shape index (κ3) is 11.2. The zero-order chi connectivity index (χ0) is 5.21. The van der Waals surface area contributed by atoms with Crippen molar-refractivity contribution in [3.63, 3.8) is 0 Å². The van der Waals surface area contributed by atoms with Gasteiger partial charge in [0.15, 0.2) is 0 Å². The maximum atomic E-state index is 10.7. The summed E-state index contributed by atoms with van der Waals surface area (Å²) < 4.78 is 32.2. The zero-order valence-electron chi connectivity index (χ0n) is 4.05. The Morgan fingerprint density at radius 2 is 1.43 bits per heavy atom. The van der Waals surface area contributed by atoms with Crippen LogP contribution in [0.5, 0.6) is 0 Å². The molecule has 0 N–H and O–H groups in total. The Labute approximate surface area is 82.9 Å². The van der Waals surface area contributed by atoms with E-state index in [4.69, 9.17) is 0 Å². The van der Waals surface area contributed by atoms with E-state index in [-0.39, 0.29) is 51.4 Å². The molecule has 0 bridgehead atoms. The molecular formula is C3H4F3K. The van der Waals surface area contributed by atoms with Gasteiger partial charge in [0.2, 0.25) is 0 Å². The zero-order valence-corrected chi connectivity index (χ0v) is 7.17. The van der Waals surface area contributed by atoms with Gasteiger partial charge in [-0.25, -0.2) is 0 Å². The van der Waals surface area contributed by atoms with E-state index in [0.29, 0.717) is 0 Å². The molecule has 38 valence electrons. The van der Waals surface area contributed by atoms with Crippen LogP contribution in [0.4, 0.5) is 13.2 Å². The fourth-order valence-corrected chi connectivity index (χ4v) is 0. The minimum Gasteiger partial charge on any atom is -0.335 e. The van der Waals surface area contributed by atoms with E-state index in [1.165, 1.54) is 0 Å². The minimum absolute atomic E-state index is 0. The number of rotatable bonds is 0. The van der Waals surface area contributed by atoms with Crippen LogP contribution in [0.25, 0.3) is 0 Å². The number of hydrogen-bond donors (Lipinski definition) is 0. The average molecular weight is 136 g/mol. The van der Waals surface area contributed by atoms with E-state index in [9.17, 15) is 13.2 Å². The van der Waals surface area contributed by atoms with Gasteiger partial charge in [-0.05, 0) is 0 Å². The molecule has 7 heavy (non-hydrogen) atoms. The number of hydrogen-bond acceptors (Lipinski definition) is 0. The molecule has 0 aliphatic rings. The summed E-state index contributed by atoms with van der Waals surface area (Å²) in [5, 5.41) is 0. The van der Waals surface area contributed by atoms with Crippen LogP contribution in [-0.4, -0.2) is 6.18 Å². The van der Waals surface area contributed by atoms with Crippen molar-refractivity contribution in [3.05, 3.63) is 6.92 Å². The van der Waals surface area contributed by atoms with Gasteiger partial charge >= 0.3 is 57.6 Å². The normalized spacial score (nSPS) is 10.3. The minimum atomic E-state index is -4.07. The average Bonchev–Trinajstić information content (AvgIpc) is 1.35.